The number of rotatable bonds is 6. The first kappa shape index (κ1) is 14.0. The van der Waals surface area contributed by atoms with Gasteiger partial charge in [-0.05, 0) is 25.1 Å². The summed E-state index contributed by atoms with van der Waals surface area (Å²) in [5.74, 6) is 0.594. The summed E-state index contributed by atoms with van der Waals surface area (Å²) in [6.45, 7) is 5.54. The average molecular weight is 325 g/mol. The van der Waals surface area contributed by atoms with Gasteiger partial charge in [-0.1, -0.05) is 46.2 Å². The fourth-order valence-corrected chi connectivity index (χ4v) is 2.11. The van der Waals surface area contributed by atoms with Gasteiger partial charge < -0.3 is 15.1 Å². The van der Waals surface area contributed by atoms with Gasteiger partial charge in [0.2, 0.25) is 5.89 Å². The van der Waals surface area contributed by atoms with Gasteiger partial charge in [0, 0.05) is 11.0 Å². The predicted molar refractivity (Wildman–Crippen MR) is 77.9 cm³/mol. The quantitative estimate of drug-likeness (QED) is 0.854. The van der Waals surface area contributed by atoms with Crippen molar-refractivity contribution < 1.29 is 4.42 Å². The van der Waals surface area contributed by atoms with Crippen molar-refractivity contribution in [3.05, 3.63) is 40.2 Å². The third kappa shape index (κ3) is 3.78. The van der Waals surface area contributed by atoms with E-state index in [1.54, 1.807) is 0 Å². The molecule has 0 spiro atoms. The number of hydrogen-bond acceptors (Lipinski definition) is 5. The van der Waals surface area contributed by atoms with Crippen molar-refractivity contribution in [1.82, 2.24) is 15.5 Å². The number of nitrogens with zero attached hydrogens (tertiary/aromatic N) is 2. The molecule has 19 heavy (non-hydrogen) atoms. The summed E-state index contributed by atoms with van der Waals surface area (Å²) in [4.78, 5) is 0. The Kier molecular flexibility index (Phi) is 4.93. The van der Waals surface area contributed by atoms with Crippen LogP contribution in [-0.4, -0.2) is 16.7 Å². The molecular formula is C13H17BrN4O. The van der Waals surface area contributed by atoms with Gasteiger partial charge >= 0.3 is 6.01 Å². The molecule has 2 N–H and O–H groups in total. The largest absolute Gasteiger partial charge is 0.406 e. The van der Waals surface area contributed by atoms with Gasteiger partial charge in [0.05, 0.1) is 6.04 Å². The molecule has 2 rings (SSSR count). The zero-order valence-corrected chi connectivity index (χ0v) is 12.6. The third-order valence-electron chi connectivity index (χ3n) is 2.71. The first-order valence-corrected chi connectivity index (χ1v) is 7.04. The van der Waals surface area contributed by atoms with Crippen molar-refractivity contribution in [2.45, 2.75) is 26.4 Å². The van der Waals surface area contributed by atoms with Crippen LogP contribution >= 0.6 is 15.9 Å². The topological polar surface area (TPSA) is 63.0 Å². The van der Waals surface area contributed by atoms with E-state index in [2.05, 4.69) is 36.8 Å². The Labute approximate surface area is 120 Å². The second-order valence-corrected chi connectivity index (χ2v) is 5.02. The Morgan fingerprint density at radius 3 is 2.84 bits per heavy atom. The number of aromatic nitrogens is 2. The molecule has 0 radical (unpaired) electrons. The summed E-state index contributed by atoms with van der Waals surface area (Å²) in [6.07, 6.45) is 0. The van der Waals surface area contributed by atoms with E-state index >= 15 is 0 Å². The fourth-order valence-electron chi connectivity index (χ4n) is 1.69. The molecule has 1 heterocycles. The predicted octanol–water partition coefficient (Wildman–Crippen LogP) is 3.11. The van der Waals surface area contributed by atoms with Crippen molar-refractivity contribution in [3.63, 3.8) is 0 Å². The average Bonchev–Trinajstić information content (AvgIpc) is 2.87. The normalized spacial score (nSPS) is 12.4. The van der Waals surface area contributed by atoms with Crippen molar-refractivity contribution >= 4 is 21.9 Å². The van der Waals surface area contributed by atoms with E-state index in [0.717, 1.165) is 16.6 Å². The Bertz CT molecular complexity index is 529. The molecule has 102 valence electrons. The molecule has 1 unspecified atom stereocenters. The molecule has 2 aromatic rings. The first-order chi connectivity index (χ1) is 9.20. The van der Waals surface area contributed by atoms with Gasteiger partial charge in [-0.25, -0.2) is 0 Å². The smallest absolute Gasteiger partial charge is 0.315 e. The van der Waals surface area contributed by atoms with Crippen LogP contribution < -0.4 is 10.6 Å². The highest BCUT2D eigenvalue weighted by atomic mass is 79.9. The molecular weight excluding hydrogens is 308 g/mol. The lowest BCUT2D eigenvalue weighted by molar-refractivity contribution is 0.428. The lowest BCUT2D eigenvalue weighted by atomic mass is 10.2. The molecule has 0 saturated carbocycles. The number of halogens is 1. The van der Waals surface area contributed by atoms with Crippen LogP contribution in [0.25, 0.3) is 0 Å². The highest BCUT2D eigenvalue weighted by molar-refractivity contribution is 9.10. The summed E-state index contributed by atoms with van der Waals surface area (Å²) < 4.78 is 6.61. The Hall–Kier alpha value is -1.40. The van der Waals surface area contributed by atoms with Crippen LogP contribution in [0.4, 0.5) is 6.01 Å². The van der Waals surface area contributed by atoms with Crippen molar-refractivity contribution in [2.75, 3.05) is 11.9 Å². The molecule has 5 nitrogen and oxygen atoms in total. The minimum Gasteiger partial charge on any atom is -0.406 e. The lowest BCUT2D eigenvalue weighted by Gasteiger charge is -2.06. The molecule has 0 fully saturated rings. The molecule has 6 heteroatoms. The van der Waals surface area contributed by atoms with E-state index in [9.17, 15) is 0 Å². The Morgan fingerprint density at radius 2 is 2.11 bits per heavy atom. The molecule has 0 aliphatic carbocycles. The SMILES string of the molecule is CCNC(C)c1nnc(NCc2ccccc2Br)o1. The van der Waals surface area contributed by atoms with Crippen LogP contribution in [0.5, 0.6) is 0 Å². The lowest BCUT2D eigenvalue weighted by Crippen LogP contribution is -2.17. The molecule has 1 aromatic carbocycles. The maximum absolute atomic E-state index is 5.55. The van der Waals surface area contributed by atoms with Gasteiger partial charge in [-0.15, -0.1) is 5.10 Å². The van der Waals surface area contributed by atoms with Gasteiger partial charge in [0.25, 0.3) is 0 Å². The van der Waals surface area contributed by atoms with E-state index < -0.39 is 0 Å². The minimum atomic E-state index is 0.0662. The second kappa shape index (κ2) is 6.68. The van der Waals surface area contributed by atoms with Crippen LogP contribution in [0, 0.1) is 0 Å². The molecule has 0 aliphatic heterocycles. The van der Waals surface area contributed by atoms with Crippen molar-refractivity contribution in [3.8, 4) is 0 Å². The van der Waals surface area contributed by atoms with E-state index in [1.165, 1.54) is 0 Å². The highest BCUT2D eigenvalue weighted by Crippen LogP contribution is 2.18. The molecule has 0 bridgehead atoms. The summed E-state index contributed by atoms with van der Waals surface area (Å²) in [7, 11) is 0. The van der Waals surface area contributed by atoms with Crippen LogP contribution in [-0.2, 0) is 6.54 Å². The molecule has 0 saturated heterocycles. The number of hydrogen-bond donors (Lipinski definition) is 2. The maximum Gasteiger partial charge on any atom is 0.315 e. The van der Waals surface area contributed by atoms with E-state index in [0.29, 0.717) is 18.5 Å². The summed E-state index contributed by atoms with van der Waals surface area (Å²) >= 11 is 3.50. The number of anilines is 1. The van der Waals surface area contributed by atoms with Crippen molar-refractivity contribution in [1.29, 1.82) is 0 Å². The highest BCUT2D eigenvalue weighted by Gasteiger charge is 2.12. The van der Waals surface area contributed by atoms with Crippen LogP contribution in [0.15, 0.2) is 33.2 Å². The van der Waals surface area contributed by atoms with E-state index in [4.69, 9.17) is 4.42 Å². The van der Waals surface area contributed by atoms with Gasteiger partial charge in [0.15, 0.2) is 0 Å². The maximum atomic E-state index is 5.55. The molecule has 1 aromatic heterocycles. The van der Waals surface area contributed by atoms with E-state index in [1.807, 2.05) is 38.1 Å². The van der Waals surface area contributed by atoms with Crippen molar-refractivity contribution in [2.24, 2.45) is 0 Å². The number of benzene rings is 1. The molecule has 0 aliphatic rings. The van der Waals surface area contributed by atoms with Crippen LogP contribution in [0.1, 0.15) is 31.3 Å². The summed E-state index contributed by atoms with van der Waals surface area (Å²) in [6, 6.07) is 8.52. The second-order valence-electron chi connectivity index (χ2n) is 4.17. The minimum absolute atomic E-state index is 0.0662. The van der Waals surface area contributed by atoms with Crippen LogP contribution in [0.2, 0.25) is 0 Å². The van der Waals surface area contributed by atoms with Gasteiger partial charge in [-0.3, -0.25) is 0 Å². The van der Waals surface area contributed by atoms with Crippen LogP contribution in [0.3, 0.4) is 0 Å². The third-order valence-corrected chi connectivity index (χ3v) is 3.48. The number of nitrogens with one attached hydrogen (secondary N) is 2. The first-order valence-electron chi connectivity index (χ1n) is 6.24. The zero-order chi connectivity index (χ0) is 13.7. The standard InChI is InChI=1S/C13H17BrN4O/c1-3-15-9(2)12-17-18-13(19-12)16-8-10-6-4-5-7-11(10)14/h4-7,9,15H,3,8H2,1-2H3,(H,16,18). The Balaban J connectivity index is 1.95. The van der Waals surface area contributed by atoms with Gasteiger partial charge in [-0.2, -0.15) is 0 Å². The zero-order valence-electron chi connectivity index (χ0n) is 11.0. The molecule has 1 atom stereocenters. The summed E-state index contributed by atoms with van der Waals surface area (Å²) in [5, 5.41) is 14.3. The van der Waals surface area contributed by atoms with Gasteiger partial charge in [0.1, 0.15) is 0 Å². The Morgan fingerprint density at radius 1 is 1.32 bits per heavy atom. The monoisotopic (exact) mass is 324 g/mol. The van der Waals surface area contributed by atoms with E-state index in [-0.39, 0.29) is 6.04 Å². The molecule has 0 amide bonds. The fraction of sp³-hybridized carbons (Fsp3) is 0.385. The summed E-state index contributed by atoms with van der Waals surface area (Å²) in [5.41, 5.74) is 1.14.